The summed E-state index contributed by atoms with van der Waals surface area (Å²) in [6, 6.07) is 6.13. The van der Waals surface area contributed by atoms with Crippen molar-refractivity contribution in [2.24, 2.45) is 5.16 Å². The van der Waals surface area contributed by atoms with E-state index in [1.165, 1.54) is 12.3 Å². The van der Waals surface area contributed by atoms with Gasteiger partial charge in [-0.2, -0.15) is 0 Å². The molecule has 0 aliphatic rings. The molecular formula is C14H14ClN3O3. The van der Waals surface area contributed by atoms with E-state index in [9.17, 15) is 9.59 Å². The van der Waals surface area contributed by atoms with Crippen LogP contribution < -0.4 is 11.2 Å². The molecule has 0 unspecified atom stereocenters. The predicted octanol–water partition coefficient (Wildman–Crippen LogP) is 1.86. The van der Waals surface area contributed by atoms with Crippen molar-refractivity contribution in [2.75, 3.05) is 6.61 Å². The molecule has 7 heteroatoms. The zero-order chi connectivity index (χ0) is 15.4. The van der Waals surface area contributed by atoms with Crippen LogP contribution in [-0.4, -0.2) is 22.4 Å². The summed E-state index contributed by atoms with van der Waals surface area (Å²) in [6.45, 7) is 3.89. The third kappa shape index (κ3) is 3.41. The zero-order valence-electron chi connectivity index (χ0n) is 11.6. The molecule has 1 heterocycles. The molecular weight excluding hydrogens is 294 g/mol. The summed E-state index contributed by atoms with van der Waals surface area (Å²) in [7, 11) is 0. The number of nitrogens with zero attached hydrogens (tertiary/aromatic N) is 2. The Hall–Kier alpha value is -2.34. The van der Waals surface area contributed by atoms with Crippen LogP contribution >= 0.6 is 11.6 Å². The van der Waals surface area contributed by atoms with Gasteiger partial charge < -0.3 is 9.82 Å². The van der Waals surface area contributed by atoms with Crippen molar-refractivity contribution in [1.82, 2.24) is 9.55 Å². The van der Waals surface area contributed by atoms with E-state index in [0.29, 0.717) is 28.6 Å². The number of oxime groups is 1. The summed E-state index contributed by atoms with van der Waals surface area (Å²) in [5.41, 5.74) is 0.549. The van der Waals surface area contributed by atoms with Crippen molar-refractivity contribution in [2.45, 2.75) is 13.8 Å². The molecule has 21 heavy (non-hydrogen) atoms. The molecule has 0 atom stereocenters. The molecule has 1 aromatic heterocycles. The van der Waals surface area contributed by atoms with E-state index in [4.69, 9.17) is 16.4 Å². The summed E-state index contributed by atoms with van der Waals surface area (Å²) >= 11 is 6.05. The van der Waals surface area contributed by atoms with Crippen molar-refractivity contribution in [3.63, 3.8) is 0 Å². The van der Waals surface area contributed by atoms with Gasteiger partial charge in [-0.1, -0.05) is 16.8 Å². The number of benzene rings is 1. The highest BCUT2D eigenvalue weighted by Gasteiger charge is 2.07. The summed E-state index contributed by atoms with van der Waals surface area (Å²) in [5.74, 6) is 0. The van der Waals surface area contributed by atoms with Crippen molar-refractivity contribution in [1.29, 1.82) is 0 Å². The molecule has 0 fully saturated rings. The van der Waals surface area contributed by atoms with Crippen LogP contribution in [0.15, 0.2) is 39.0 Å². The maximum absolute atomic E-state index is 12.0. The van der Waals surface area contributed by atoms with Gasteiger partial charge in [-0.05, 0) is 32.0 Å². The average molecular weight is 308 g/mol. The highest BCUT2D eigenvalue weighted by Crippen LogP contribution is 2.17. The van der Waals surface area contributed by atoms with Gasteiger partial charge in [0.1, 0.15) is 6.61 Å². The van der Waals surface area contributed by atoms with E-state index in [2.05, 4.69) is 10.1 Å². The van der Waals surface area contributed by atoms with Gasteiger partial charge in [0.05, 0.1) is 11.9 Å². The first-order valence-corrected chi connectivity index (χ1v) is 6.69. The van der Waals surface area contributed by atoms with Crippen molar-refractivity contribution in [3.8, 4) is 5.69 Å². The fraction of sp³-hybridized carbons (Fsp3) is 0.214. The lowest BCUT2D eigenvalue weighted by Gasteiger charge is -2.07. The van der Waals surface area contributed by atoms with E-state index < -0.39 is 11.2 Å². The fourth-order valence-electron chi connectivity index (χ4n) is 1.79. The Morgan fingerprint density at radius 3 is 2.81 bits per heavy atom. The summed E-state index contributed by atoms with van der Waals surface area (Å²) < 4.78 is 1.03. The maximum atomic E-state index is 12.0. The molecule has 0 aliphatic heterocycles. The number of nitrogens with one attached hydrogen (secondary N) is 1. The SMILES string of the molecule is CCON=Cc1cc(-n2c(=O)cc(C)[nH]c2=O)ccc1Cl. The Morgan fingerprint density at radius 1 is 1.38 bits per heavy atom. The number of halogens is 1. The number of aromatic amines is 1. The Kier molecular flexibility index (Phi) is 4.59. The van der Waals surface area contributed by atoms with Gasteiger partial charge in [0.15, 0.2) is 0 Å². The molecule has 0 spiro atoms. The molecule has 6 nitrogen and oxygen atoms in total. The first-order valence-electron chi connectivity index (χ1n) is 6.31. The molecule has 1 aromatic carbocycles. The van der Waals surface area contributed by atoms with Crippen molar-refractivity contribution in [3.05, 3.63) is 61.4 Å². The van der Waals surface area contributed by atoms with Gasteiger partial charge in [-0.25, -0.2) is 9.36 Å². The minimum absolute atomic E-state index is 0.406. The minimum atomic E-state index is -0.505. The molecule has 2 aromatic rings. The standard InChI is InChI=1S/C14H14ClN3O3/c1-3-21-16-8-10-7-11(4-5-12(10)15)18-13(19)6-9(2)17-14(18)20/h4-8H,3H2,1-2H3,(H,17,20). The Morgan fingerprint density at radius 2 is 2.14 bits per heavy atom. The number of aromatic nitrogens is 2. The van der Waals surface area contributed by atoms with E-state index in [0.717, 1.165) is 4.57 Å². The number of rotatable bonds is 4. The first kappa shape index (κ1) is 15.1. The quantitative estimate of drug-likeness (QED) is 0.692. The second-order valence-electron chi connectivity index (χ2n) is 4.29. The molecule has 2 rings (SSSR count). The minimum Gasteiger partial charge on any atom is -0.396 e. The van der Waals surface area contributed by atoms with Crippen LogP contribution in [0.1, 0.15) is 18.2 Å². The molecule has 1 N–H and O–H groups in total. The topological polar surface area (TPSA) is 76.5 Å². The Labute approximate surface area is 125 Å². The first-order chi connectivity index (χ1) is 10.0. The normalized spacial score (nSPS) is 11.0. The Balaban J connectivity index is 2.54. The highest BCUT2D eigenvalue weighted by atomic mass is 35.5. The van der Waals surface area contributed by atoms with Gasteiger partial charge in [0, 0.05) is 22.3 Å². The van der Waals surface area contributed by atoms with E-state index in [1.54, 1.807) is 32.0 Å². The summed E-state index contributed by atoms with van der Waals surface area (Å²) in [6.07, 6.45) is 1.43. The lowest BCUT2D eigenvalue weighted by Crippen LogP contribution is -2.33. The lowest BCUT2D eigenvalue weighted by molar-refractivity contribution is 0.160. The van der Waals surface area contributed by atoms with Gasteiger partial charge in [0.25, 0.3) is 5.56 Å². The summed E-state index contributed by atoms with van der Waals surface area (Å²) in [4.78, 5) is 31.4. The Bertz CT molecular complexity index is 762. The number of hydrogen-bond acceptors (Lipinski definition) is 4. The molecule has 0 bridgehead atoms. The molecule has 0 saturated carbocycles. The molecule has 0 aliphatic carbocycles. The van der Waals surface area contributed by atoms with Crippen LogP contribution in [0.3, 0.4) is 0 Å². The van der Waals surface area contributed by atoms with Crippen LogP contribution in [0, 0.1) is 6.92 Å². The second-order valence-corrected chi connectivity index (χ2v) is 4.70. The van der Waals surface area contributed by atoms with Crippen LogP contribution in [0.2, 0.25) is 5.02 Å². The zero-order valence-corrected chi connectivity index (χ0v) is 12.3. The molecule has 0 radical (unpaired) electrons. The highest BCUT2D eigenvalue weighted by molar-refractivity contribution is 6.33. The third-order valence-corrected chi connectivity index (χ3v) is 3.04. The number of hydrogen-bond donors (Lipinski definition) is 1. The average Bonchev–Trinajstić information content (AvgIpc) is 2.41. The summed E-state index contributed by atoms with van der Waals surface area (Å²) in [5, 5.41) is 4.18. The predicted molar refractivity (Wildman–Crippen MR) is 81.6 cm³/mol. The van der Waals surface area contributed by atoms with Crippen molar-refractivity contribution >= 4 is 17.8 Å². The molecule has 0 saturated heterocycles. The number of H-pyrrole nitrogens is 1. The smallest absolute Gasteiger partial charge is 0.333 e. The fourth-order valence-corrected chi connectivity index (χ4v) is 1.96. The van der Waals surface area contributed by atoms with Crippen LogP contribution in [-0.2, 0) is 4.84 Å². The van der Waals surface area contributed by atoms with Crippen LogP contribution in [0.5, 0.6) is 0 Å². The van der Waals surface area contributed by atoms with Gasteiger partial charge >= 0.3 is 5.69 Å². The third-order valence-electron chi connectivity index (χ3n) is 2.70. The number of aryl methyl sites for hydroxylation is 1. The molecule has 0 amide bonds. The maximum Gasteiger partial charge on any atom is 0.333 e. The van der Waals surface area contributed by atoms with Crippen LogP contribution in [0.25, 0.3) is 5.69 Å². The largest absolute Gasteiger partial charge is 0.396 e. The van der Waals surface area contributed by atoms with E-state index in [-0.39, 0.29) is 0 Å². The lowest BCUT2D eigenvalue weighted by atomic mass is 10.2. The molecule has 110 valence electrons. The van der Waals surface area contributed by atoms with Gasteiger partial charge in [-0.15, -0.1) is 0 Å². The van der Waals surface area contributed by atoms with Gasteiger partial charge in [-0.3, -0.25) is 4.79 Å². The van der Waals surface area contributed by atoms with E-state index >= 15 is 0 Å². The van der Waals surface area contributed by atoms with E-state index in [1.807, 2.05) is 0 Å². The van der Waals surface area contributed by atoms with Crippen LogP contribution in [0.4, 0.5) is 0 Å². The van der Waals surface area contributed by atoms with Gasteiger partial charge in [0.2, 0.25) is 0 Å². The van der Waals surface area contributed by atoms with Crippen molar-refractivity contribution < 1.29 is 4.84 Å². The second kappa shape index (κ2) is 6.41. The monoisotopic (exact) mass is 307 g/mol.